The molecule has 0 radical (unpaired) electrons. The molecule has 6 bridgehead atoms. The first-order valence-electron chi connectivity index (χ1n) is 21.8. The fourth-order valence-electron chi connectivity index (χ4n) is 10.6. The minimum Gasteiger partial charge on any atom is -0.504 e. The van der Waals surface area contributed by atoms with Gasteiger partial charge in [0.1, 0.15) is 12.2 Å². The van der Waals surface area contributed by atoms with Crippen molar-refractivity contribution in [2.45, 2.75) is 151 Å². The average Bonchev–Trinajstić information content (AvgIpc) is 3.19. The summed E-state index contributed by atoms with van der Waals surface area (Å²) < 4.78 is 12.7. The number of aliphatic imine (C=N–C) groups is 1. The molecule has 3 aliphatic carbocycles. The zero-order chi connectivity index (χ0) is 41.6. The summed E-state index contributed by atoms with van der Waals surface area (Å²) in [6.07, 6.45) is 9.57. The summed E-state index contributed by atoms with van der Waals surface area (Å²) in [7, 11) is 3.74. The Morgan fingerprint density at radius 3 is 2.66 bits per heavy atom. The number of nitrogens with two attached hydrogens (primary N) is 1. The first-order valence-corrected chi connectivity index (χ1v) is 24.3. The molecule has 1 saturated carbocycles. The number of rotatable bonds is 2. The number of phenols is 1. The fraction of sp³-hybridized carbons (Fsp3) is 0.727. The molecule has 0 aromatic heterocycles. The van der Waals surface area contributed by atoms with E-state index in [-0.39, 0.29) is 53.5 Å². The van der Waals surface area contributed by atoms with Crippen LogP contribution in [0, 0.1) is 29.1 Å². The maximum Gasteiger partial charge on any atom is 0.302 e. The van der Waals surface area contributed by atoms with Crippen LogP contribution in [-0.4, -0.2) is 110 Å². The Morgan fingerprint density at radius 1 is 1.05 bits per heavy atom. The van der Waals surface area contributed by atoms with Gasteiger partial charge in [-0.15, -0.1) is 0 Å². The van der Waals surface area contributed by atoms with Crippen LogP contribution < -0.4 is 26.4 Å². The van der Waals surface area contributed by atoms with E-state index in [0.29, 0.717) is 37.2 Å². The van der Waals surface area contributed by atoms with E-state index in [1.54, 1.807) is 6.07 Å². The quantitative estimate of drug-likeness (QED) is 0.0679. The van der Waals surface area contributed by atoms with Gasteiger partial charge in [0.25, 0.3) is 0 Å². The van der Waals surface area contributed by atoms with Gasteiger partial charge in [0, 0.05) is 72.8 Å². The molecule has 0 unspecified atom stereocenters. The third-order valence-corrected chi connectivity index (χ3v) is 16.3. The van der Waals surface area contributed by atoms with Crippen LogP contribution in [0.15, 0.2) is 29.3 Å². The van der Waals surface area contributed by atoms with Gasteiger partial charge in [-0.1, -0.05) is 71.3 Å². The highest BCUT2D eigenvalue weighted by Crippen LogP contribution is 2.44. The second-order valence-corrected chi connectivity index (χ2v) is 20.5. The molecule has 15 heteroatoms. The highest BCUT2D eigenvalue weighted by Gasteiger charge is 2.47. The highest BCUT2D eigenvalue weighted by atomic mass is 33.1. The summed E-state index contributed by atoms with van der Waals surface area (Å²) >= 11 is 0. The lowest BCUT2D eigenvalue weighted by Gasteiger charge is -2.43. The number of carbonyl (C=O) groups excluding carboxylic acids is 1. The summed E-state index contributed by atoms with van der Waals surface area (Å²) in [6, 6.07) is 2.44. The maximum absolute atomic E-state index is 12.8. The van der Waals surface area contributed by atoms with Gasteiger partial charge in [0.05, 0.1) is 23.7 Å². The third-order valence-electron chi connectivity index (χ3n) is 13.7. The van der Waals surface area contributed by atoms with Crippen LogP contribution in [0.2, 0.25) is 0 Å². The third kappa shape index (κ3) is 10.7. The molecular weight excluding hydrogens is 791 g/mol. The van der Waals surface area contributed by atoms with Crippen molar-refractivity contribution in [3.63, 3.8) is 0 Å². The number of benzene rings is 1. The van der Waals surface area contributed by atoms with E-state index >= 15 is 0 Å². The monoisotopic (exact) mass is 855 g/mol. The molecule has 3 spiro atoms. The summed E-state index contributed by atoms with van der Waals surface area (Å²) in [6.45, 7) is 3.63. The normalized spacial score (nSPS) is 35.7. The topological polar surface area (TPSA) is 211 Å². The number of nitrogens with zero attached hydrogens (tertiary/aromatic N) is 1. The maximum atomic E-state index is 12.8. The van der Waals surface area contributed by atoms with Gasteiger partial charge in [-0.25, -0.2) is 4.99 Å². The van der Waals surface area contributed by atoms with Crippen molar-refractivity contribution < 1.29 is 39.8 Å². The zero-order valence-electron chi connectivity index (χ0n) is 34.4. The number of guanidine groups is 1. The minimum atomic E-state index is -1.90. The number of aromatic hydroxyl groups is 1. The number of esters is 1. The number of carbonyl (C=O) groups is 1. The molecule has 7 rings (SSSR count). The van der Waals surface area contributed by atoms with Crippen LogP contribution in [0.1, 0.15) is 114 Å². The first-order chi connectivity index (χ1) is 28.4. The first kappa shape index (κ1) is 44.4. The molecule has 1 saturated heterocycles. The van der Waals surface area contributed by atoms with Gasteiger partial charge in [-0.3, -0.25) is 4.79 Å². The Balaban J connectivity index is 1.39. The van der Waals surface area contributed by atoms with Gasteiger partial charge < -0.3 is 56.7 Å². The van der Waals surface area contributed by atoms with Crippen molar-refractivity contribution in [3.05, 3.63) is 35.4 Å². The molecule has 3 aliphatic heterocycles. The van der Waals surface area contributed by atoms with Crippen molar-refractivity contribution in [2.75, 3.05) is 31.1 Å². The van der Waals surface area contributed by atoms with Crippen LogP contribution in [-0.2, 0) is 16.0 Å². The second kappa shape index (κ2) is 19.6. The number of aliphatic hydroxyl groups excluding tert-OH is 3. The molecule has 326 valence electrons. The van der Waals surface area contributed by atoms with Crippen molar-refractivity contribution in [2.24, 2.45) is 28.0 Å². The second-order valence-electron chi connectivity index (χ2n) is 18.0. The van der Waals surface area contributed by atoms with Gasteiger partial charge in [0.15, 0.2) is 23.7 Å². The SMILES string of the molecule is CC(=O)O[C@H]1C[C@@H](O)CC[C@@]23C#C[C@@H]4CCC[C@@]5(CNCCSSCC6(CCCCC6)NC(N)=N[C@@H]2C=CC[C@H]3O)C[C@H](CCN5)Oc2cc(c(C(O)O)cc2O)C[C@@H]41. The molecule has 6 aliphatic rings. The molecule has 9 atom stereocenters. The van der Waals surface area contributed by atoms with E-state index < -0.39 is 53.9 Å². The number of fused-ring (bicyclic) bond motifs is 5. The van der Waals surface area contributed by atoms with E-state index in [1.807, 2.05) is 33.7 Å². The number of aliphatic hydroxyl groups is 4. The van der Waals surface area contributed by atoms with E-state index in [1.165, 1.54) is 19.4 Å². The Morgan fingerprint density at radius 2 is 1.86 bits per heavy atom. The predicted octanol–water partition coefficient (Wildman–Crippen LogP) is 3.95. The van der Waals surface area contributed by atoms with Crippen molar-refractivity contribution in [3.8, 4) is 23.3 Å². The average molecular weight is 856 g/mol. The van der Waals surface area contributed by atoms with E-state index in [2.05, 4.69) is 27.8 Å². The number of hydrogen-bond donors (Lipinski definition) is 9. The number of phenolic OH excluding ortho intramolecular Hbond substituents is 1. The molecule has 3 heterocycles. The molecule has 13 nitrogen and oxygen atoms in total. The zero-order valence-corrected chi connectivity index (χ0v) is 36.0. The van der Waals surface area contributed by atoms with Crippen molar-refractivity contribution in [1.29, 1.82) is 0 Å². The molecule has 1 aromatic carbocycles. The Hall–Kier alpha value is -2.68. The molecule has 1 aromatic rings. The van der Waals surface area contributed by atoms with Crippen LogP contribution in [0.3, 0.4) is 0 Å². The number of hydrogen-bond acceptors (Lipinski definition) is 15. The van der Waals surface area contributed by atoms with Gasteiger partial charge >= 0.3 is 5.97 Å². The van der Waals surface area contributed by atoms with Crippen LogP contribution in [0.5, 0.6) is 11.5 Å². The van der Waals surface area contributed by atoms with Gasteiger partial charge in [-0.05, 0) is 82.0 Å². The lowest BCUT2D eigenvalue weighted by Crippen LogP contribution is -2.59. The molecule has 10 N–H and O–H groups in total. The summed E-state index contributed by atoms with van der Waals surface area (Å²) in [5, 5.41) is 67.6. The summed E-state index contributed by atoms with van der Waals surface area (Å²) in [5.74, 6) is 8.07. The highest BCUT2D eigenvalue weighted by molar-refractivity contribution is 8.76. The number of nitrogens with one attached hydrogen (secondary N) is 3. The Kier molecular flexibility index (Phi) is 14.7. The molecule has 59 heavy (non-hydrogen) atoms. The standard InChI is InChI=1S/C44H65N5O8S2/c1-28(50)56-36-23-31(51)11-17-44-16-10-29-7-6-15-43(25-32(12-18-47-43)57-37-22-30(21-33(29)36)34(40(54)55)24-35(37)52)26-46-19-20-58-59-27-42(13-3-2-4-14-42)49-41(45)48-38(44)8-5-9-39(44)53/h5,8,22,24,29,31-33,36,38-40,46-47,51-55H,2-4,6-7,9,11-15,17-21,23,25-27H2,1H3,(H3,45,48,49)/t29-,31-,32-,33-,36-,38+,39+,43-,44-/m0/s1. The van der Waals surface area contributed by atoms with Gasteiger partial charge in [0.2, 0.25) is 0 Å². The molecule has 0 amide bonds. The summed E-state index contributed by atoms with van der Waals surface area (Å²) in [4.78, 5) is 17.9. The lowest BCUT2D eigenvalue weighted by molar-refractivity contribution is -0.152. The smallest absolute Gasteiger partial charge is 0.302 e. The van der Waals surface area contributed by atoms with E-state index in [0.717, 1.165) is 76.1 Å². The van der Waals surface area contributed by atoms with Crippen LogP contribution in [0.4, 0.5) is 0 Å². The van der Waals surface area contributed by atoms with Crippen molar-refractivity contribution >= 4 is 33.5 Å². The molecular formula is C44H65N5O8S2. The number of ether oxygens (including phenoxy) is 2. The minimum absolute atomic E-state index is 0.116. The largest absolute Gasteiger partial charge is 0.504 e. The predicted molar refractivity (Wildman–Crippen MR) is 232 cm³/mol. The summed E-state index contributed by atoms with van der Waals surface area (Å²) in [5.41, 5.74) is 5.89. The Bertz CT molecular complexity index is 1750. The van der Waals surface area contributed by atoms with Crippen molar-refractivity contribution in [1.82, 2.24) is 16.0 Å². The van der Waals surface area contributed by atoms with Crippen LogP contribution in [0.25, 0.3) is 0 Å². The Labute approximate surface area is 356 Å². The van der Waals surface area contributed by atoms with Crippen LogP contribution >= 0.6 is 21.6 Å². The fourth-order valence-corrected chi connectivity index (χ4v) is 13.1. The molecule has 2 fully saturated rings. The number of piperidine rings is 1. The van der Waals surface area contributed by atoms with E-state index in [4.69, 9.17) is 20.2 Å². The van der Waals surface area contributed by atoms with E-state index in [9.17, 15) is 30.3 Å². The van der Waals surface area contributed by atoms with Gasteiger partial charge in [-0.2, -0.15) is 0 Å². The lowest BCUT2D eigenvalue weighted by atomic mass is 9.66.